The third kappa shape index (κ3) is 3.50. The van der Waals surface area contributed by atoms with Crippen molar-refractivity contribution in [3.63, 3.8) is 0 Å². The first kappa shape index (κ1) is 12.4. The predicted molar refractivity (Wildman–Crippen MR) is 60.8 cm³/mol. The van der Waals surface area contributed by atoms with E-state index in [0.717, 1.165) is 11.3 Å². The zero-order valence-corrected chi connectivity index (χ0v) is 9.96. The van der Waals surface area contributed by atoms with Crippen LogP contribution in [0.25, 0.3) is 0 Å². The normalized spacial score (nSPS) is 10.9. The van der Waals surface area contributed by atoms with Crippen molar-refractivity contribution in [1.29, 1.82) is 0 Å². The molecule has 1 heterocycles. The van der Waals surface area contributed by atoms with Gasteiger partial charge in [0.2, 0.25) is 0 Å². The molecule has 0 saturated heterocycles. The Morgan fingerprint density at radius 1 is 1.56 bits per heavy atom. The van der Waals surface area contributed by atoms with E-state index in [0.29, 0.717) is 0 Å². The molecule has 0 fully saturated rings. The molecule has 0 aliphatic heterocycles. The molecule has 0 aliphatic rings. The summed E-state index contributed by atoms with van der Waals surface area (Å²) < 4.78 is 4.98. The summed E-state index contributed by atoms with van der Waals surface area (Å²) in [6.07, 6.45) is -0.696. The number of ether oxygens (including phenoxy) is 1. The van der Waals surface area contributed by atoms with Gasteiger partial charge in [-0.1, -0.05) is 0 Å². The summed E-state index contributed by atoms with van der Waals surface area (Å²) in [5, 5.41) is 14.6. The Bertz CT molecular complexity index is 408. The second-order valence-electron chi connectivity index (χ2n) is 4.02. The van der Waals surface area contributed by atoms with Crippen molar-refractivity contribution < 1.29 is 14.5 Å². The number of hydrogen-bond acceptors (Lipinski definition) is 5. The molecule has 6 nitrogen and oxygen atoms in total. The minimum absolute atomic E-state index is 0.129. The van der Waals surface area contributed by atoms with E-state index < -0.39 is 16.6 Å². The van der Waals surface area contributed by atoms with E-state index in [1.807, 2.05) is 0 Å². The number of rotatable bonds is 2. The lowest BCUT2D eigenvalue weighted by molar-refractivity contribution is -0.383. The first-order chi connectivity index (χ1) is 7.29. The highest BCUT2D eigenvalue weighted by molar-refractivity contribution is 7.15. The molecule has 1 rings (SSSR count). The van der Waals surface area contributed by atoms with Gasteiger partial charge in [0.1, 0.15) is 5.60 Å². The number of nitrogens with zero attached hydrogens (tertiary/aromatic N) is 1. The molecular formula is C9H12N2O4S. The first-order valence-corrected chi connectivity index (χ1v) is 5.39. The Labute approximate surface area is 96.4 Å². The van der Waals surface area contributed by atoms with Crippen molar-refractivity contribution in [2.45, 2.75) is 26.4 Å². The van der Waals surface area contributed by atoms with E-state index in [1.54, 1.807) is 20.8 Å². The fraction of sp³-hybridized carbons (Fsp3) is 0.444. The maximum Gasteiger partial charge on any atom is 0.412 e. The van der Waals surface area contributed by atoms with E-state index in [-0.39, 0.29) is 10.7 Å². The number of thiophene rings is 1. The second kappa shape index (κ2) is 4.48. The van der Waals surface area contributed by atoms with Gasteiger partial charge in [0.05, 0.1) is 4.92 Å². The lowest BCUT2D eigenvalue weighted by atomic mass is 10.2. The van der Waals surface area contributed by atoms with E-state index in [9.17, 15) is 14.9 Å². The molecule has 1 aromatic heterocycles. The zero-order chi connectivity index (χ0) is 12.3. The van der Waals surface area contributed by atoms with Gasteiger partial charge in [-0.25, -0.2) is 4.79 Å². The lowest BCUT2D eigenvalue weighted by Gasteiger charge is -2.19. The van der Waals surface area contributed by atoms with Crippen molar-refractivity contribution in [2.24, 2.45) is 0 Å². The van der Waals surface area contributed by atoms with Crippen molar-refractivity contribution in [1.82, 2.24) is 0 Å². The zero-order valence-electron chi connectivity index (χ0n) is 9.14. The third-order valence-corrected chi connectivity index (χ3v) is 2.27. The van der Waals surface area contributed by atoms with Gasteiger partial charge in [-0.15, -0.1) is 11.3 Å². The molecule has 0 radical (unpaired) electrons. The predicted octanol–water partition coefficient (Wildman–Crippen LogP) is 3.00. The molecule has 0 aromatic carbocycles. The summed E-state index contributed by atoms with van der Waals surface area (Å²) in [6, 6.07) is 1.33. The monoisotopic (exact) mass is 244 g/mol. The van der Waals surface area contributed by atoms with Crippen LogP contribution in [0.3, 0.4) is 0 Å². The Balaban J connectivity index is 2.70. The molecule has 0 bridgehead atoms. The molecule has 0 unspecified atom stereocenters. The van der Waals surface area contributed by atoms with Crippen molar-refractivity contribution in [3.8, 4) is 0 Å². The van der Waals surface area contributed by atoms with Crippen LogP contribution in [0.15, 0.2) is 11.4 Å². The summed E-state index contributed by atoms with van der Waals surface area (Å²) in [4.78, 5) is 21.4. The van der Waals surface area contributed by atoms with Crippen LogP contribution in [0.2, 0.25) is 0 Å². The Morgan fingerprint density at radius 2 is 2.19 bits per heavy atom. The molecule has 1 N–H and O–H groups in total. The summed E-state index contributed by atoms with van der Waals surface area (Å²) in [5.41, 5.74) is -0.758. The Morgan fingerprint density at radius 3 is 2.69 bits per heavy atom. The van der Waals surface area contributed by atoms with Gasteiger partial charge in [-0.05, 0) is 26.2 Å². The molecular weight excluding hydrogens is 232 g/mol. The summed E-state index contributed by atoms with van der Waals surface area (Å²) in [7, 11) is 0. The first-order valence-electron chi connectivity index (χ1n) is 4.51. The maximum absolute atomic E-state index is 11.4. The van der Waals surface area contributed by atoms with E-state index in [2.05, 4.69) is 5.32 Å². The van der Waals surface area contributed by atoms with Gasteiger partial charge in [0.15, 0.2) is 5.00 Å². The fourth-order valence-electron chi connectivity index (χ4n) is 0.936. The van der Waals surface area contributed by atoms with Gasteiger partial charge in [0, 0.05) is 6.07 Å². The quantitative estimate of drug-likeness (QED) is 0.640. The largest absolute Gasteiger partial charge is 0.444 e. The van der Waals surface area contributed by atoms with Crippen molar-refractivity contribution in [2.75, 3.05) is 5.32 Å². The minimum atomic E-state index is -0.696. The maximum atomic E-state index is 11.4. The molecule has 1 aromatic rings. The third-order valence-electron chi connectivity index (χ3n) is 1.46. The van der Waals surface area contributed by atoms with Crippen LogP contribution >= 0.6 is 11.3 Å². The molecule has 88 valence electrons. The molecule has 0 aliphatic carbocycles. The van der Waals surface area contributed by atoms with Crippen LogP contribution in [-0.2, 0) is 4.74 Å². The number of nitro groups is 1. The SMILES string of the molecule is CC(C)(C)OC(=O)Nc1sccc1[N+](=O)[O-]. The summed E-state index contributed by atoms with van der Waals surface area (Å²) in [5.74, 6) is 0. The fourth-order valence-corrected chi connectivity index (χ4v) is 1.67. The number of carbonyl (C=O) groups is 1. The minimum Gasteiger partial charge on any atom is -0.444 e. The number of nitrogens with one attached hydrogen (secondary N) is 1. The standard InChI is InChI=1S/C9H12N2O4S/c1-9(2,3)15-8(12)10-7-6(11(13)14)4-5-16-7/h4-5H,1-3H3,(H,10,12). The van der Waals surface area contributed by atoms with Crippen molar-refractivity contribution in [3.05, 3.63) is 21.6 Å². The number of amides is 1. The van der Waals surface area contributed by atoms with Crippen LogP contribution in [-0.4, -0.2) is 16.6 Å². The molecule has 1 amide bonds. The molecule has 7 heteroatoms. The lowest BCUT2D eigenvalue weighted by Crippen LogP contribution is -2.27. The topological polar surface area (TPSA) is 81.5 Å². The van der Waals surface area contributed by atoms with Crippen LogP contribution in [0.5, 0.6) is 0 Å². The molecule has 0 saturated carbocycles. The smallest absolute Gasteiger partial charge is 0.412 e. The summed E-state index contributed by atoms with van der Waals surface area (Å²) in [6.45, 7) is 5.15. The van der Waals surface area contributed by atoms with E-state index in [4.69, 9.17) is 4.74 Å². The number of anilines is 1. The van der Waals surface area contributed by atoms with Crippen LogP contribution in [0.4, 0.5) is 15.5 Å². The Kier molecular flexibility index (Phi) is 3.48. The average Bonchev–Trinajstić information content (AvgIpc) is 2.47. The van der Waals surface area contributed by atoms with Gasteiger partial charge in [-0.3, -0.25) is 15.4 Å². The van der Waals surface area contributed by atoms with Gasteiger partial charge in [-0.2, -0.15) is 0 Å². The molecule has 0 spiro atoms. The highest BCUT2D eigenvalue weighted by Gasteiger charge is 2.21. The van der Waals surface area contributed by atoms with Gasteiger partial charge >= 0.3 is 11.8 Å². The molecule has 16 heavy (non-hydrogen) atoms. The molecule has 0 atom stereocenters. The van der Waals surface area contributed by atoms with Crippen LogP contribution in [0, 0.1) is 10.1 Å². The van der Waals surface area contributed by atoms with E-state index in [1.165, 1.54) is 11.4 Å². The Hall–Kier alpha value is -1.63. The highest BCUT2D eigenvalue weighted by Crippen LogP contribution is 2.30. The highest BCUT2D eigenvalue weighted by atomic mass is 32.1. The average molecular weight is 244 g/mol. The van der Waals surface area contributed by atoms with Gasteiger partial charge in [0.25, 0.3) is 0 Å². The number of carbonyl (C=O) groups excluding carboxylic acids is 1. The van der Waals surface area contributed by atoms with Crippen LogP contribution < -0.4 is 5.32 Å². The second-order valence-corrected chi connectivity index (χ2v) is 4.94. The van der Waals surface area contributed by atoms with E-state index >= 15 is 0 Å². The summed E-state index contributed by atoms with van der Waals surface area (Å²) >= 11 is 1.08. The van der Waals surface area contributed by atoms with Crippen molar-refractivity contribution >= 4 is 28.1 Å². The van der Waals surface area contributed by atoms with Crippen LogP contribution in [0.1, 0.15) is 20.8 Å². The number of hydrogen-bond donors (Lipinski definition) is 1. The van der Waals surface area contributed by atoms with Gasteiger partial charge < -0.3 is 4.74 Å².